The number of fused-ring (bicyclic) bond motifs is 1. The number of sulfone groups is 1. The first-order valence-corrected chi connectivity index (χ1v) is 15.0. The van der Waals surface area contributed by atoms with Crippen LogP contribution in [0.1, 0.15) is 63.9 Å². The molecule has 0 bridgehead atoms. The van der Waals surface area contributed by atoms with Gasteiger partial charge in [-0.25, -0.2) is 8.42 Å². The molecule has 2 aromatic rings. The molecule has 4 amide bonds. The molecular formula is C25H26N2O9S2. The second-order valence-electron chi connectivity index (χ2n) is 9.34. The van der Waals surface area contributed by atoms with Crippen LogP contribution in [0.2, 0.25) is 0 Å². The molecule has 11 nitrogen and oxygen atoms in total. The molecule has 1 atom stereocenters. The first-order chi connectivity index (χ1) is 17.8. The van der Waals surface area contributed by atoms with Gasteiger partial charge in [0.05, 0.1) is 26.7 Å². The number of rotatable bonds is 9. The lowest BCUT2D eigenvalue weighted by Gasteiger charge is -2.27. The highest BCUT2D eigenvalue weighted by Crippen LogP contribution is 2.32. The van der Waals surface area contributed by atoms with Crippen LogP contribution < -0.4 is 5.32 Å². The zero-order chi connectivity index (χ0) is 27.8. The molecule has 2 aromatic carbocycles. The lowest BCUT2D eigenvalue weighted by molar-refractivity contribution is -0.136. The molecule has 0 saturated carbocycles. The van der Waals surface area contributed by atoms with Crippen molar-refractivity contribution in [1.82, 2.24) is 10.2 Å². The average Bonchev–Trinajstić information content (AvgIpc) is 3.08. The predicted octanol–water partition coefficient (Wildman–Crippen LogP) is 1.83. The number of nitrogens with zero attached hydrogens (tertiary/aromatic N) is 1. The number of nitrogens with one attached hydrogen (secondary N) is 1. The van der Waals surface area contributed by atoms with E-state index < -0.39 is 49.6 Å². The van der Waals surface area contributed by atoms with Gasteiger partial charge in [-0.1, -0.05) is 30.2 Å². The minimum absolute atomic E-state index is 0.0432. The Kier molecular flexibility index (Phi) is 7.55. The summed E-state index contributed by atoms with van der Waals surface area (Å²) in [6.07, 6.45) is 1.29. The van der Waals surface area contributed by atoms with Crippen molar-refractivity contribution < 1.29 is 40.6 Å². The first-order valence-electron chi connectivity index (χ1n) is 12.0. The molecule has 2 aliphatic heterocycles. The van der Waals surface area contributed by atoms with Gasteiger partial charge in [-0.15, -0.1) is 0 Å². The number of aryl methyl sites for hydroxylation is 2. The van der Waals surface area contributed by atoms with Crippen LogP contribution in [0, 0.1) is 6.92 Å². The summed E-state index contributed by atoms with van der Waals surface area (Å²) in [6, 6.07) is 7.29. The van der Waals surface area contributed by atoms with Gasteiger partial charge in [0.25, 0.3) is 21.9 Å². The van der Waals surface area contributed by atoms with Crippen molar-refractivity contribution in [3.63, 3.8) is 0 Å². The van der Waals surface area contributed by atoms with E-state index in [0.717, 1.165) is 10.5 Å². The number of piperidine rings is 1. The van der Waals surface area contributed by atoms with Crippen LogP contribution in [0.15, 0.2) is 46.2 Å². The van der Waals surface area contributed by atoms with Crippen molar-refractivity contribution in [2.45, 2.75) is 61.3 Å². The Balaban J connectivity index is 1.45. The molecule has 2 heterocycles. The third kappa shape index (κ3) is 5.40. The number of carbonyl (C=O) groups is 4. The fourth-order valence-electron chi connectivity index (χ4n) is 4.79. The van der Waals surface area contributed by atoms with Gasteiger partial charge in [-0.3, -0.25) is 33.9 Å². The average molecular weight is 563 g/mol. The summed E-state index contributed by atoms with van der Waals surface area (Å²) in [4.78, 5) is 50.1. The number of hydrogen-bond donors (Lipinski definition) is 2. The van der Waals surface area contributed by atoms with E-state index in [-0.39, 0.29) is 45.9 Å². The fraction of sp³-hybridized carbons (Fsp3) is 0.360. The number of amides is 4. The molecule has 2 N–H and O–H groups in total. The fourth-order valence-corrected chi connectivity index (χ4v) is 7.12. The Morgan fingerprint density at radius 3 is 2.37 bits per heavy atom. The number of imide groups is 2. The van der Waals surface area contributed by atoms with Gasteiger partial charge in [0.2, 0.25) is 11.8 Å². The van der Waals surface area contributed by atoms with Crippen LogP contribution in [-0.2, 0) is 36.0 Å². The zero-order valence-corrected chi connectivity index (χ0v) is 22.1. The number of carbonyl (C=O) groups excluding carboxylic acids is 4. The van der Waals surface area contributed by atoms with Crippen LogP contribution in [0.4, 0.5) is 0 Å². The Hall–Kier alpha value is -3.42. The molecule has 2 aliphatic rings. The van der Waals surface area contributed by atoms with Crippen molar-refractivity contribution in [3.05, 3.63) is 58.7 Å². The lowest BCUT2D eigenvalue weighted by atomic mass is 10.0. The van der Waals surface area contributed by atoms with E-state index in [0.29, 0.717) is 24.8 Å². The standard InChI is InChI=1S/C25H26N2O9S2/c1-15-9-11-19(38(34,35)36)16(14-15)6-3-2-4-13-37(32,33)20-8-5-7-17-22(20)25(31)27(24(17)30)18-10-12-21(28)26-23(18)29/h5,7-9,11,14,18H,2-4,6,10,12-13H2,1H3,(H,26,28,29)(H,34,35,36). The molecular weight excluding hydrogens is 536 g/mol. The van der Waals surface area contributed by atoms with Crippen molar-refractivity contribution >= 4 is 43.6 Å². The Labute approximate surface area is 219 Å². The molecule has 0 spiro atoms. The van der Waals surface area contributed by atoms with E-state index in [9.17, 15) is 40.6 Å². The smallest absolute Gasteiger partial charge is 0.294 e. The molecule has 202 valence electrons. The normalized spacial score (nSPS) is 18.1. The molecule has 0 radical (unpaired) electrons. The van der Waals surface area contributed by atoms with Crippen molar-refractivity contribution in [1.29, 1.82) is 0 Å². The van der Waals surface area contributed by atoms with Gasteiger partial charge in [0, 0.05) is 6.42 Å². The van der Waals surface area contributed by atoms with Crippen LogP contribution in [0.3, 0.4) is 0 Å². The highest BCUT2D eigenvalue weighted by molar-refractivity contribution is 7.91. The highest BCUT2D eigenvalue weighted by Gasteiger charge is 2.46. The molecule has 38 heavy (non-hydrogen) atoms. The number of benzene rings is 2. The van der Waals surface area contributed by atoms with E-state index in [1.165, 1.54) is 24.3 Å². The SMILES string of the molecule is Cc1ccc(S(=O)(=O)O)c(CCCCCS(=O)(=O)c2cccc3c2C(=O)N(C2CCC(=O)NC2=O)C3=O)c1. The van der Waals surface area contributed by atoms with Crippen molar-refractivity contribution in [2.24, 2.45) is 0 Å². The maximum atomic E-state index is 13.2. The molecule has 0 aliphatic carbocycles. The van der Waals surface area contributed by atoms with Gasteiger partial charge >= 0.3 is 0 Å². The molecule has 0 aromatic heterocycles. The molecule has 4 rings (SSSR count). The van der Waals surface area contributed by atoms with Gasteiger partial charge < -0.3 is 0 Å². The van der Waals surface area contributed by atoms with Gasteiger partial charge in [-0.2, -0.15) is 8.42 Å². The summed E-state index contributed by atoms with van der Waals surface area (Å²) >= 11 is 0. The zero-order valence-electron chi connectivity index (χ0n) is 20.5. The third-order valence-corrected chi connectivity index (χ3v) is 9.41. The molecule has 1 saturated heterocycles. The van der Waals surface area contributed by atoms with Crippen LogP contribution in [0.5, 0.6) is 0 Å². The Bertz CT molecular complexity index is 1560. The van der Waals surface area contributed by atoms with E-state index in [1.807, 2.05) is 0 Å². The van der Waals surface area contributed by atoms with Gasteiger partial charge in [0.15, 0.2) is 9.84 Å². The lowest BCUT2D eigenvalue weighted by Crippen LogP contribution is -2.54. The van der Waals surface area contributed by atoms with E-state index in [2.05, 4.69) is 5.32 Å². The maximum Gasteiger partial charge on any atom is 0.294 e. The maximum absolute atomic E-state index is 13.2. The van der Waals surface area contributed by atoms with Crippen LogP contribution in [0.25, 0.3) is 0 Å². The van der Waals surface area contributed by atoms with Crippen molar-refractivity contribution in [2.75, 3.05) is 5.75 Å². The molecule has 13 heteroatoms. The minimum Gasteiger partial charge on any atom is -0.295 e. The Morgan fingerprint density at radius 1 is 0.947 bits per heavy atom. The number of hydrogen-bond acceptors (Lipinski definition) is 8. The number of unbranched alkanes of at least 4 members (excludes halogenated alkanes) is 2. The van der Waals surface area contributed by atoms with Crippen LogP contribution >= 0.6 is 0 Å². The summed E-state index contributed by atoms with van der Waals surface area (Å²) in [5.74, 6) is -3.30. The molecule has 1 fully saturated rings. The Morgan fingerprint density at radius 2 is 1.68 bits per heavy atom. The summed E-state index contributed by atoms with van der Waals surface area (Å²) in [6.45, 7) is 1.79. The summed E-state index contributed by atoms with van der Waals surface area (Å²) < 4.78 is 59.1. The van der Waals surface area contributed by atoms with E-state index in [1.54, 1.807) is 19.1 Å². The largest absolute Gasteiger partial charge is 0.295 e. The summed E-state index contributed by atoms with van der Waals surface area (Å²) in [7, 11) is -8.38. The van der Waals surface area contributed by atoms with Gasteiger partial charge in [-0.05, 0) is 56.4 Å². The van der Waals surface area contributed by atoms with E-state index >= 15 is 0 Å². The van der Waals surface area contributed by atoms with Crippen LogP contribution in [-0.4, -0.2) is 61.7 Å². The van der Waals surface area contributed by atoms with E-state index in [4.69, 9.17) is 0 Å². The third-order valence-electron chi connectivity index (χ3n) is 6.62. The monoisotopic (exact) mass is 562 g/mol. The van der Waals surface area contributed by atoms with Gasteiger partial charge in [0.1, 0.15) is 6.04 Å². The first kappa shape index (κ1) is 27.6. The second-order valence-corrected chi connectivity index (χ2v) is 12.8. The highest BCUT2D eigenvalue weighted by atomic mass is 32.2. The summed E-state index contributed by atoms with van der Waals surface area (Å²) in [5.41, 5.74) is 0.866. The summed E-state index contributed by atoms with van der Waals surface area (Å²) in [5, 5.41) is 2.10. The topological polar surface area (TPSA) is 172 Å². The quantitative estimate of drug-likeness (QED) is 0.263. The predicted molar refractivity (Wildman–Crippen MR) is 134 cm³/mol. The molecule has 1 unspecified atom stereocenters. The minimum atomic E-state index is -4.39. The second kappa shape index (κ2) is 10.4. The van der Waals surface area contributed by atoms with Crippen molar-refractivity contribution in [3.8, 4) is 0 Å².